The van der Waals surface area contributed by atoms with Gasteiger partial charge in [0.05, 0.1) is 65.0 Å². The lowest BCUT2D eigenvalue weighted by molar-refractivity contribution is -0.384. The van der Waals surface area contributed by atoms with Gasteiger partial charge in [0.25, 0.3) is 11.4 Å². The number of aromatic amines is 10. The van der Waals surface area contributed by atoms with Crippen molar-refractivity contribution in [3.63, 3.8) is 0 Å². The van der Waals surface area contributed by atoms with Gasteiger partial charge < -0.3 is 60.5 Å². The Morgan fingerprint density at radius 3 is 0.899 bits per heavy atom. The number of aromatic nitrogens is 17. The second-order valence-electron chi connectivity index (χ2n) is 36.4. The van der Waals surface area contributed by atoms with Crippen LogP contribution in [0, 0.1) is 20.2 Å². The van der Waals surface area contributed by atoms with Crippen LogP contribution in [0.5, 0.6) is 0 Å². The van der Waals surface area contributed by atoms with Gasteiger partial charge in [-0.15, -0.1) is 0 Å². The number of imidazole rings is 5. The van der Waals surface area contributed by atoms with E-state index in [9.17, 15) is 20.2 Å². The van der Waals surface area contributed by atoms with E-state index in [1.165, 1.54) is 54.5 Å². The Kier molecular flexibility index (Phi) is 21.6. The first-order chi connectivity index (χ1) is 73.1. The number of nitro benzene ring substituents is 2. The van der Waals surface area contributed by atoms with E-state index in [2.05, 4.69) is 306 Å². The number of H-pyrrole nitrogens is 10. The van der Waals surface area contributed by atoms with Crippen molar-refractivity contribution in [1.82, 2.24) is 84.7 Å². The fraction of sp³-hybridized carbons (Fsp3) is 0. The number of fused-ring (bicyclic) bond motifs is 35. The average Bonchev–Trinajstić information content (AvgIpc) is 1.61. The highest BCUT2D eigenvalue weighted by molar-refractivity contribution is 9.11. The standard InChI is InChI=1S/C30H20BrN5S.C23H13Br2N3.C23H14N4O2.C22H13N5O2.C22H14N4/c31-17-10-13-26-23(14-17)25(16-32-26)29-35-27-22-9-5-4-8-20(22)21-12-11-19(15-24(21)28(27)36-29)34-30(37)33-18-6-2-1-3-7-18;24-12-5-7-15-14-3-1-2-4-16(14)21-22(18(15)10-12)28-23(27-21)19-11-26-20-8-6-13(25)9-17(19)20;28-27(29)13-9-10-20-18(11-13)19(12-24-20)23-25-21-16-7-3-1-5-14(16)15-6-2-4-8-17(15)22(21)26-23;28-27(29)12-7-8-14-13-4-1-2-5-15(13)19-20(17(14)10-12)26-22(25-19)18-11-24-21-16(18)6-3-9-23-21;1-3-8-15-13(6-1)14-7-2-4-9-16(14)20-19(15)25-22(26-20)18-12-24-21-17(18)10-5-11-23-21/h1-16,32H,(H,35,36)(H2,33,34,37);1-11,26H,(H,27,28);1-12,24H,(H,25,26);1-11H,(H,23,24)(H,25,26);1-12H,(H,23,24)(H,25,26). The predicted octanol–water partition coefficient (Wildman–Crippen LogP) is 32.8. The van der Waals surface area contributed by atoms with Crippen LogP contribution in [0.1, 0.15) is 0 Å². The second kappa shape index (κ2) is 36.1. The zero-order valence-electron chi connectivity index (χ0n) is 78.0. The third kappa shape index (κ3) is 15.5. The summed E-state index contributed by atoms with van der Waals surface area (Å²) in [6.07, 6.45) is 13.3. The number of anilines is 2. The fourth-order valence-electron chi connectivity index (χ4n) is 21.2. The smallest absolute Gasteiger partial charge is 0.270 e. The minimum atomic E-state index is -0.379. The van der Waals surface area contributed by atoms with Crippen LogP contribution in [0.15, 0.2) is 390 Å². The molecule has 31 rings (SSSR count). The molecule has 0 bridgehead atoms. The molecule has 12 N–H and O–H groups in total. The van der Waals surface area contributed by atoms with Gasteiger partial charge in [-0.2, -0.15) is 0 Å². The summed E-state index contributed by atoms with van der Waals surface area (Å²) >= 11 is 16.4. The SMILES string of the molecule is Brc1ccc2[nH]cc(-c3nc4c5cc(Br)ccc5c5ccccc5c4[nH]3)c2c1.O=[N+]([O-])c1ccc2[nH]cc(-c3nc4c5ccccc5c5ccccc5c4[nH]3)c2c1.O=[N+]([O-])c1ccc2c3ccccc3c3[nH]c(-c4c[nH]c5ncccc45)nc3c2c1.S=C(Nc1ccccc1)Nc1ccc2c3ccccc3c3[nH]c(-c4c[nH]c5ccc(Br)cc45)nc3c2c1.c1cnc2[nH]cc(-c3nc4c5ccccc5c5ccccc5c4[nH]3)c2c1. The second-order valence-corrected chi connectivity index (χ2v) is 39.6. The van der Waals surface area contributed by atoms with Gasteiger partial charge in [0.2, 0.25) is 0 Å². The van der Waals surface area contributed by atoms with Crippen molar-refractivity contribution in [3.05, 3.63) is 411 Å². The largest absolute Gasteiger partial charge is 0.360 e. The summed E-state index contributed by atoms with van der Waals surface area (Å²) in [5, 5.41) is 57.1. The lowest BCUT2D eigenvalue weighted by Gasteiger charge is -2.12. The molecule has 0 saturated heterocycles. The summed E-state index contributed by atoms with van der Waals surface area (Å²) in [5.74, 6) is 3.95. The molecule has 0 atom stereocenters. The summed E-state index contributed by atoms with van der Waals surface area (Å²) in [6.45, 7) is 0. The molecule has 0 fully saturated rings. The number of hydrogen-bond acceptors (Lipinski definition) is 12. The summed E-state index contributed by atoms with van der Waals surface area (Å²) in [6, 6.07) is 111. The van der Waals surface area contributed by atoms with E-state index in [1.807, 2.05) is 140 Å². The summed E-state index contributed by atoms with van der Waals surface area (Å²) in [4.78, 5) is 89.5. The van der Waals surface area contributed by atoms with E-state index in [4.69, 9.17) is 37.1 Å². The van der Waals surface area contributed by atoms with Crippen LogP contribution in [-0.4, -0.2) is 99.7 Å². The Bertz CT molecular complexity index is 10900. The summed E-state index contributed by atoms with van der Waals surface area (Å²) < 4.78 is 3.14. The van der Waals surface area contributed by atoms with Crippen molar-refractivity contribution in [2.24, 2.45) is 0 Å². The van der Waals surface area contributed by atoms with Crippen LogP contribution in [-0.2, 0) is 0 Å². The van der Waals surface area contributed by atoms with E-state index in [-0.39, 0.29) is 21.2 Å². The first-order valence-corrected chi connectivity index (χ1v) is 50.6. The molecule has 0 saturated carbocycles. The average molecular weight is 2150 g/mol. The highest BCUT2D eigenvalue weighted by Gasteiger charge is 2.26. The van der Waals surface area contributed by atoms with Gasteiger partial charge >= 0.3 is 0 Å². The molecule has 12 aromatic heterocycles. The van der Waals surface area contributed by atoms with Gasteiger partial charge in [0.15, 0.2) is 5.11 Å². The number of nitrogens with one attached hydrogen (secondary N) is 12. The summed E-state index contributed by atoms with van der Waals surface area (Å²) in [7, 11) is 0. The molecule has 19 aromatic carbocycles. The highest BCUT2D eigenvalue weighted by Crippen LogP contribution is 2.46. The maximum absolute atomic E-state index is 11.3. The van der Waals surface area contributed by atoms with Crippen LogP contribution >= 0.6 is 60.0 Å². The maximum Gasteiger partial charge on any atom is 0.270 e. The minimum absolute atomic E-state index is 0.0509. The van der Waals surface area contributed by atoms with Crippen molar-refractivity contribution < 1.29 is 9.85 Å². The van der Waals surface area contributed by atoms with Gasteiger partial charge in [-0.1, -0.05) is 248 Å². The number of para-hydroxylation sites is 1. The zero-order valence-corrected chi connectivity index (χ0v) is 83.6. The minimum Gasteiger partial charge on any atom is -0.360 e. The Morgan fingerprint density at radius 1 is 0.248 bits per heavy atom. The van der Waals surface area contributed by atoms with Crippen LogP contribution in [0.2, 0.25) is 0 Å². The molecule has 0 aliphatic heterocycles. The maximum atomic E-state index is 11.3. The molecule has 149 heavy (non-hydrogen) atoms. The van der Waals surface area contributed by atoms with E-state index in [0.717, 1.165) is 239 Å². The quantitative estimate of drug-likeness (QED) is 0.0277. The number of thiocarbonyl (C=S) groups is 1. The molecule has 0 aliphatic rings. The lowest BCUT2D eigenvalue weighted by Crippen LogP contribution is -2.18. The van der Waals surface area contributed by atoms with Gasteiger partial charge in [-0.05, 0) is 175 Å². The van der Waals surface area contributed by atoms with E-state index < -0.39 is 0 Å². The lowest BCUT2D eigenvalue weighted by atomic mass is 9.99. The summed E-state index contributed by atoms with van der Waals surface area (Å²) in [5.41, 5.74) is 21.0. The number of nitro groups is 2. The van der Waals surface area contributed by atoms with Crippen molar-refractivity contribution >= 4 is 306 Å². The Morgan fingerprint density at radius 2 is 0.510 bits per heavy atom. The van der Waals surface area contributed by atoms with Crippen molar-refractivity contribution in [1.29, 1.82) is 0 Å². The van der Waals surface area contributed by atoms with Crippen LogP contribution in [0.25, 0.3) is 275 Å². The van der Waals surface area contributed by atoms with Crippen molar-refractivity contribution in [2.75, 3.05) is 10.6 Å². The fourth-order valence-corrected chi connectivity index (χ4v) is 22.5. The molecular weight excluding hydrogens is 2070 g/mol. The van der Waals surface area contributed by atoms with E-state index in [0.29, 0.717) is 16.8 Å². The molecule has 0 unspecified atom stereocenters. The molecule has 31 aromatic rings. The van der Waals surface area contributed by atoms with Gasteiger partial charge in [0.1, 0.15) is 40.4 Å². The van der Waals surface area contributed by atoms with E-state index in [1.54, 1.807) is 42.7 Å². The number of halogens is 3. The van der Waals surface area contributed by atoms with Crippen LogP contribution < -0.4 is 10.6 Å². The number of non-ortho nitro benzene ring substituents is 2. The normalized spacial score (nSPS) is 11.7. The number of nitrogens with zero attached hydrogens (tertiary/aromatic N) is 9. The van der Waals surface area contributed by atoms with Gasteiger partial charge in [-0.25, -0.2) is 34.9 Å². The monoisotopic (exact) mass is 2140 g/mol. The van der Waals surface area contributed by atoms with Gasteiger partial charge in [0, 0.05) is 218 Å². The third-order valence-corrected chi connectivity index (χ3v) is 29.6. The molecular formula is C120H74Br3N21O4S. The predicted molar refractivity (Wildman–Crippen MR) is 620 cm³/mol. The number of rotatable bonds is 9. The van der Waals surface area contributed by atoms with Crippen molar-refractivity contribution in [2.45, 2.75) is 0 Å². The Balaban J connectivity index is 0.0000000922. The number of pyridine rings is 2. The van der Waals surface area contributed by atoms with Crippen LogP contribution in [0.4, 0.5) is 22.7 Å². The van der Waals surface area contributed by atoms with Gasteiger partial charge in [-0.3, -0.25) is 20.2 Å². The molecule has 29 heteroatoms. The highest BCUT2D eigenvalue weighted by atomic mass is 79.9. The first-order valence-electron chi connectivity index (χ1n) is 47.8. The first kappa shape index (κ1) is 88.9. The zero-order chi connectivity index (χ0) is 99.9. The molecule has 12 heterocycles. The third-order valence-electron chi connectivity index (χ3n) is 27.9. The molecule has 710 valence electrons. The topological polar surface area (TPSA) is 358 Å². The molecule has 0 radical (unpaired) electrons. The molecule has 0 aliphatic carbocycles. The Hall–Kier alpha value is -18.9. The number of benzene rings is 19. The molecule has 0 amide bonds. The van der Waals surface area contributed by atoms with Crippen LogP contribution in [0.3, 0.4) is 0 Å². The number of hydrogen-bond donors (Lipinski definition) is 12. The molecule has 25 nitrogen and oxygen atoms in total. The van der Waals surface area contributed by atoms with E-state index >= 15 is 0 Å². The van der Waals surface area contributed by atoms with Crippen molar-refractivity contribution in [3.8, 4) is 56.9 Å². The Labute approximate surface area is 871 Å². The molecule has 0 spiro atoms.